The molecule has 2 aromatic rings. The largest absolute Gasteiger partial charge is 0.497 e. The number of thioether (sulfide) groups is 2. The molecule has 0 aliphatic carbocycles. The van der Waals surface area contributed by atoms with E-state index in [1.54, 1.807) is 26.0 Å². The van der Waals surface area contributed by atoms with Gasteiger partial charge in [-0.3, -0.25) is 14.5 Å². The third-order valence-electron chi connectivity index (χ3n) is 4.99. The highest BCUT2D eigenvalue weighted by molar-refractivity contribution is 8.18. The van der Waals surface area contributed by atoms with Crippen LogP contribution in [0.25, 0.3) is 0 Å². The zero-order valence-electron chi connectivity index (χ0n) is 16.7. The molecule has 0 bridgehead atoms. The molecule has 154 valence electrons. The monoisotopic (exact) mass is 439 g/mol. The normalized spacial score (nSPS) is 20.1. The van der Waals surface area contributed by atoms with Gasteiger partial charge in [0.1, 0.15) is 11.5 Å². The second-order valence-electron chi connectivity index (χ2n) is 6.88. The van der Waals surface area contributed by atoms with Gasteiger partial charge in [-0.15, -0.1) is 11.8 Å². The van der Waals surface area contributed by atoms with Crippen LogP contribution in [0.5, 0.6) is 11.5 Å². The van der Waals surface area contributed by atoms with Crippen LogP contribution in [0, 0.1) is 0 Å². The van der Waals surface area contributed by atoms with Crippen molar-refractivity contribution in [3.63, 3.8) is 0 Å². The van der Waals surface area contributed by atoms with E-state index < -0.39 is 0 Å². The lowest BCUT2D eigenvalue weighted by atomic mass is 10.0. The fourth-order valence-corrected chi connectivity index (χ4v) is 5.32. The number of nitrogens with zero attached hydrogens (tertiary/aromatic N) is 1. The summed E-state index contributed by atoms with van der Waals surface area (Å²) in [4.78, 5) is 28.0. The molecule has 2 heterocycles. The highest BCUT2D eigenvalue weighted by Crippen LogP contribution is 2.40. The van der Waals surface area contributed by atoms with Gasteiger partial charge in [0.15, 0.2) is 0 Å². The van der Waals surface area contributed by atoms with Gasteiger partial charge in [0.25, 0.3) is 11.1 Å². The first kappa shape index (κ1) is 20.6. The van der Waals surface area contributed by atoms with E-state index >= 15 is 0 Å². The van der Waals surface area contributed by atoms with Gasteiger partial charge in [0.05, 0.1) is 25.7 Å². The third-order valence-corrected chi connectivity index (χ3v) is 7.01. The van der Waals surface area contributed by atoms with Gasteiger partial charge in [-0.1, -0.05) is 30.3 Å². The van der Waals surface area contributed by atoms with Crippen molar-refractivity contribution in [1.29, 1.82) is 0 Å². The summed E-state index contributed by atoms with van der Waals surface area (Å²) in [5.74, 6) is 2.52. The van der Waals surface area contributed by atoms with E-state index in [9.17, 15) is 9.59 Å². The summed E-state index contributed by atoms with van der Waals surface area (Å²) < 4.78 is 10.4. The van der Waals surface area contributed by atoms with Crippen LogP contribution >= 0.6 is 23.5 Å². The lowest BCUT2D eigenvalue weighted by Gasteiger charge is -2.12. The fourth-order valence-electron chi connectivity index (χ4n) is 3.29. The number of benzene rings is 2. The zero-order valence-corrected chi connectivity index (χ0v) is 18.3. The van der Waals surface area contributed by atoms with Crippen molar-refractivity contribution in [2.24, 2.45) is 0 Å². The van der Waals surface area contributed by atoms with Gasteiger partial charge in [0.2, 0.25) is 0 Å². The molecule has 0 aromatic heterocycles. The third kappa shape index (κ3) is 4.42. The summed E-state index contributed by atoms with van der Waals surface area (Å²) in [7, 11) is 3.26. The van der Waals surface area contributed by atoms with E-state index in [0.29, 0.717) is 4.91 Å². The van der Waals surface area contributed by atoms with E-state index in [4.69, 9.17) is 9.47 Å². The Balaban J connectivity index is 1.45. The summed E-state index contributed by atoms with van der Waals surface area (Å²) in [6, 6.07) is 15.4. The first-order valence-corrected chi connectivity index (χ1v) is 11.2. The van der Waals surface area contributed by atoms with Crippen LogP contribution in [0.1, 0.15) is 17.0 Å². The average molecular weight is 440 g/mol. The molecule has 1 saturated heterocycles. The molecule has 4 rings (SSSR count). The Hall–Kier alpha value is -2.64. The highest BCUT2D eigenvalue weighted by atomic mass is 32.2. The number of hydrogen-bond acceptors (Lipinski definition) is 6. The van der Waals surface area contributed by atoms with Crippen LogP contribution in [0.4, 0.5) is 4.79 Å². The number of allylic oxidation sites excluding steroid dienone is 2. The lowest BCUT2D eigenvalue weighted by Crippen LogP contribution is -2.27. The van der Waals surface area contributed by atoms with Crippen molar-refractivity contribution in [3.8, 4) is 11.5 Å². The van der Waals surface area contributed by atoms with Crippen LogP contribution in [-0.2, 0) is 11.3 Å². The molecule has 2 amide bonds. The molecule has 30 heavy (non-hydrogen) atoms. The minimum atomic E-state index is -0.241. The van der Waals surface area contributed by atoms with Crippen molar-refractivity contribution < 1.29 is 19.1 Å². The number of methoxy groups -OCH3 is 2. The number of hydrogen-bond donors (Lipinski definition) is 0. The maximum absolute atomic E-state index is 12.8. The Morgan fingerprint density at radius 3 is 2.27 bits per heavy atom. The summed E-state index contributed by atoms with van der Waals surface area (Å²) in [6.07, 6.45) is 4.00. The van der Waals surface area contributed by atoms with E-state index in [-0.39, 0.29) is 23.6 Å². The second-order valence-corrected chi connectivity index (χ2v) is 8.96. The standard InChI is InChI=1S/C23H21NO4S2/c1-27-18-7-3-15(4-8-18)13-24-22(25)21(30-23(24)26)12-20-11-17(14-29-20)16-5-9-19(28-2)10-6-16/h3-12,17H,13-14H2,1-2H3. The predicted molar refractivity (Wildman–Crippen MR) is 121 cm³/mol. The van der Waals surface area contributed by atoms with Crippen LogP contribution in [0.3, 0.4) is 0 Å². The minimum absolute atomic E-state index is 0.239. The summed E-state index contributed by atoms with van der Waals surface area (Å²) >= 11 is 2.70. The van der Waals surface area contributed by atoms with Crippen LogP contribution < -0.4 is 9.47 Å². The number of imide groups is 1. The molecule has 0 spiro atoms. The Bertz CT molecular complexity index is 1010. The van der Waals surface area contributed by atoms with E-state index in [0.717, 1.165) is 39.5 Å². The predicted octanol–water partition coefficient (Wildman–Crippen LogP) is 5.20. The van der Waals surface area contributed by atoms with E-state index in [1.165, 1.54) is 10.5 Å². The maximum Gasteiger partial charge on any atom is 0.293 e. The summed E-state index contributed by atoms with van der Waals surface area (Å²) in [5, 5.41) is -0.239. The topological polar surface area (TPSA) is 55.8 Å². The molecule has 2 aromatic carbocycles. The Morgan fingerprint density at radius 1 is 1.00 bits per heavy atom. The molecular weight excluding hydrogens is 418 g/mol. The van der Waals surface area contributed by atoms with Crippen molar-refractivity contribution >= 4 is 34.7 Å². The summed E-state index contributed by atoms with van der Waals surface area (Å²) in [6.45, 7) is 0.257. The van der Waals surface area contributed by atoms with Gasteiger partial charge < -0.3 is 9.47 Å². The molecule has 1 unspecified atom stereocenters. The Kier molecular flexibility index (Phi) is 6.20. The first-order valence-electron chi connectivity index (χ1n) is 9.44. The van der Waals surface area contributed by atoms with Crippen molar-refractivity contribution in [2.75, 3.05) is 20.0 Å². The minimum Gasteiger partial charge on any atom is -0.497 e. The van der Waals surface area contributed by atoms with Gasteiger partial charge in [-0.25, -0.2) is 0 Å². The van der Waals surface area contributed by atoms with Crippen LogP contribution in [0.15, 0.2) is 70.5 Å². The zero-order chi connectivity index (χ0) is 21.1. The molecule has 0 N–H and O–H groups in total. The summed E-state index contributed by atoms with van der Waals surface area (Å²) in [5.41, 5.74) is 2.09. The Labute approximate surface area is 184 Å². The molecule has 0 radical (unpaired) electrons. The molecule has 7 heteroatoms. The van der Waals surface area contributed by atoms with Crippen molar-refractivity contribution in [2.45, 2.75) is 12.5 Å². The van der Waals surface area contributed by atoms with Gasteiger partial charge in [0, 0.05) is 16.6 Å². The van der Waals surface area contributed by atoms with E-state index in [1.807, 2.05) is 42.5 Å². The molecule has 2 aliphatic heterocycles. The van der Waals surface area contributed by atoms with Gasteiger partial charge >= 0.3 is 0 Å². The molecular formula is C23H21NO4S2. The number of carbonyl (C=O) groups is 2. The molecule has 0 saturated carbocycles. The maximum atomic E-state index is 12.8. The first-order chi connectivity index (χ1) is 14.6. The number of carbonyl (C=O) groups excluding carboxylic acids is 2. The smallest absolute Gasteiger partial charge is 0.293 e. The lowest BCUT2D eigenvalue weighted by molar-refractivity contribution is -0.123. The highest BCUT2D eigenvalue weighted by Gasteiger charge is 2.35. The number of rotatable bonds is 6. The second kappa shape index (κ2) is 9.02. The van der Waals surface area contributed by atoms with Crippen LogP contribution in [-0.4, -0.2) is 36.0 Å². The van der Waals surface area contributed by atoms with Crippen molar-refractivity contribution in [1.82, 2.24) is 4.90 Å². The number of amides is 2. The molecule has 1 fully saturated rings. The van der Waals surface area contributed by atoms with E-state index in [2.05, 4.69) is 18.2 Å². The Morgan fingerprint density at radius 2 is 1.63 bits per heavy atom. The molecule has 5 nitrogen and oxygen atoms in total. The van der Waals surface area contributed by atoms with Gasteiger partial charge in [-0.05, 0) is 53.2 Å². The average Bonchev–Trinajstić information content (AvgIpc) is 3.35. The molecule has 1 atom stereocenters. The quantitative estimate of drug-likeness (QED) is 0.577. The molecule has 2 aliphatic rings. The van der Waals surface area contributed by atoms with Crippen LogP contribution in [0.2, 0.25) is 0 Å². The van der Waals surface area contributed by atoms with Gasteiger partial charge in [-0.2, -0.15) is 0 Å². The SMILES string of the molecule is COc1ccc(CN2C(=O)SC(=CC3=CC(c4ccc(OC)cc4)CS3)C2=O)cc1. The van der Waals surface area contributed by atoms with Crippen molar-refractivity contribution in [3.05, 3.63) is 81.6 Å². The fraction of sp³-hybridized carbons (Fsp3) is 0.217. The number of ether oxygens (including phenoxy) is 2.